The van der Waals surface area contributed by atoms with E-state index in [0.29, 0.717) is 28.1 Å². The van der Waals surface area contributed by atoms with Gasteiger partial charge < -0.3 is 14.2 Å². The third-order valence-corrected chi connectivity index (χ3v) is 4.28. The highest BCUT2D eigenvalue weighted by Gasteiger charge is 2.15. The summed E-state index contributed by atoms with van der Waals surface area (Å²) in [4.78, 5) is 23.6. The first-order valence-corrected chi connectivity index (χ1v) is 9.96. The zero-order valence-electron chi connectivity index (χ0n) is 16.8. The van der Waals surface area contributed by atoms with Gasteiger partial charge in [0.05, 0.1) is 41.1 Å². The first-order chi connectivity index (χ1) is 14.9. The number of rotatable bonds is 9. The van der Waals surface area contributed by atoms with Crippen molar-refractivity contribution in [1.82, 2.24) is 5.43 Å². The lowest BCUT2D eigenvalue weighted by molar-refractivity contribution is -0.145. The van der Waals surface area contributed by atoms with Crippen molar-refractivity contribution in [3.8, 4) is 17.6 Å². The van der Waals surface area contributed by atoms with Crippen LogP contribution in [0.15, 0.2) is 39.9 Å². The second kappa shape index (κ2) is 11.7. The number of carbonyl (C=O) groups excluding carboxylic acids is 2. The highest BCUT2D eigenvalue weighted by atomic mass is 79.9. The van der Waals surface area contributed by atoms with E-state index in [-0.39, 0.29) is 24.3 Å². The van der Waals surface area contributed by atoms with E-state index in [2.05, 4.69) is 26.5 Å². The van der Waals surface area contributed by atoms with E-state index < -0.39 is 17.7 Å². The molecule has 0 bridgehead atoms. The summed E-state index contributed by atoms with van der Waals surface area (Å²) in [6.45, 7) is 3.79. The molecule has 31 heavy (non-hydrogen) atoms. The van der Waals surface area contributed by atoms with Gasteiger partial charge in [-0.1, -0.05) is 0 Å². The van der Waals surface area contributed by atoms with Gasteiger partial charge in [0, 0.05) is 0 Å². The Hall–Kier alpha value is -3.45. The Kier molecular flexibility index (Phi) is 8.96. The van der Waals surface area contributed by atoms with Crippen molar-refractivity contribution >= 4 is 34.0 Å². The van der Waals surface area contributed by atoms with Gasteiger partial charge in [0.15, 0.2) is 18.1 Å². The number of carbonyl (C=O) groups is 2. The topological polar surface area (TPSA) is 110 Å². The second-order valence-corrected chi connectivity index (χ2v) is 6.72. The molecule has 2 rings (SSSR count). The highest BCUT2D eigenvalue weighted by Crippen LogP contribution is 2.36. The molecule has 0 radical (unpaired) electrons. The number of ether oxygens (including phenoxy) is 3. The minimum absolute atomic E-state index is 0.108. The molecule has 10 heteroatoms. The summed E-state index contributed by atoms with van der Waals surface area (Å²) in [5.41, 5.74) is 2.63. The molecule has 0 aliphatic carbocycles. The van der Waals surface area contributed by atoms with E-state index in [9.17, 15) is 14.0 Å². The van der Waals surface area contributed by atoms with Crippen LogP contribution in [0.5, 0.6) is 11.5 Å². The van der Waals surface area contributed by atoms with Crippen LogP contribution >= 0.6 is 15.9 Å². The Morgan fingerprint density at radius 1 is 1.23 bits per heavy atom. The summed E-state index contributed by atoms with van der Waals surface area (Å²) < 4.78 is 30.3. The number of nitrogens with zero attached hydrogens (tertiary/aromatic N) is 2. The smallest absolute Gasteiger partial charge is 0.344 e. The molecule has 1 N–H and O–H groups in total. The summed E-state index contributed by atoms with van der Waals surface area (Å²) in [5.74, 6) is -1.43. The van der Waals surface area contributed by atoms with E-state index in [4.69, 9.17) is 19.5 Å². The van der Waals surface area contributed by atoms with E-state index in [1.165, 1.54) is 18.3 Å². The van der Waals surface area contributed by atoms with E-state index in [0.717, 1.165) is 6.07 Å². The van der Waals surface area contributed by atoms with Crippen LogP contribution < -0.4 is 14.9 Å². The standard InChI is InChI=1S/C21H19BrFN3O5/c1-3-29-18-9-14(7-16(22)20(18)31-12-19(27)30-4-2)11-25-26-21(28)15-6-5-13(10-24)8-17(15)23/h5-9,11H,3-4,12H2,1-2H3,(H,26,28)/b25-11-. The molecule has 0 heterocycles. The summed E-state index contributed by atoms with van der Waals surface area (Å²) in [6.07, 6.45) is 1.34. The summed E-state index contributed by atoms with van der Waals surface area (Å²) >= 11 is 3.36. The van der Waals surface area contributed by atoms with Gasteiger partial charge in [-0.2, -0.15) is 10.4 Å². The van der Waals surface area contributed by atoms with Gasteiger partial charge in [0.1, 0.15) is 5.82 Å². The summed E-state index contributed by atoms with van der Waals surface area (Å²) in [6, 6.07) is 8.55. The quantitative estimate of drug-likeness (QED) is 0.326. The predicted molar refractivity (Wildman–Crippen MR) is 114 cm³/mol. The number of esters is 1. The molecule has 0 fully saturated rings. The highest BCUT2D eigenvalue weighted by molar-refractivity contribution is 9.10. The number of nitriles is 1. The maximum Gasteiger partial charge on any atom is 0.344 e. The monoisotopic (exact) mass is 491 g/mol. The lowest BCUT2D eigenvalue weighted by atomic mass is 10.1. The number of hydrogen-bond donors (Lipinski definition) is 1. The molecule has 0 unspecified atom stereocenters. The molecule has 0 saturated heterocycles. The van der Waals surface area contributed by atoms with Crippen molar-refractivity contribution in [2.45, 2.75) is 13.8 Å². The van der Waals surface area contributed by atoms with Gasteiger partial charge in [-0.3, -0.25) is 4.79 Å². The molecule has 0 spiro atoms. The molecule has 1 amide bonds. The molecule has 2 aromatic rings. The van der Waals surface area contributed by atoms with Crippen molar-refractivity contribution in [3.05, 3.63) is 57.3 Å². The van der Waals surface area contributed by atoms with Crippen LogP contribution in [0.1, 0.15) is 35.3 Å². The third kappa shape index (κ3) is 6.79. The molecule has 0 atom stereocenters. The van der Waals surface area contributed by atoms with Crippen LogP contribution in [-0.2, 0) is 9.53 Å². The number of hydrazone groups is 1. The molecule has 162 valence electrons. The zero-order valence-corrected chi connectivity index (χ0v) is 18.4. The average Bonchev–Trinajstić information content (AvgIpc) is 2.73. The molecule has 8 nitrogen and oxygen atoms in total. The zero-order chi connectivity index (χ0) is 22.8. The Labute approximate surface area is 186 Å². The minimum Gasteiger partial charge on any atom is -0.490 e. The average molecular weight is 492 g/mol. The molecule has 0 aromatic heterocycles. The second-order valence-electron chi connectivity index (χ2n) is 5.86. The number of nitrogens with one attached hydrogen (secondary N) is 1. The Balaban J connectivity index is 2.13. The Morgan fingerprint density at radius 2 is 2.00 bits per heavy atom. The lowest BCUT2D eigenvalue weighted by Crippen LogP contribution is -2.19. The van der Waals surface area contributed by atoms with E-state index >= 15 is 0 Å². The molecule has 0 saturated carbocycles. The van der Waals surface area contributed by atoms with Crippen molar-refractivity contribution in [3.63, 3.8) is 0 Å². The van der Waals surface area contributed by atoms with Crippen LogP contribution in [0.25, 0.3) is 0 Å². The van der Waals surface area contributed by atoms with Crippen molar-refractivity contribution in [1.29, 1.82) is 5.26 Å². The Morgan fingerprint density at radius 3 is 2.65 bits per heavy atom. The number of halogens is 2. The normalized spacial score (nSPS) is 10.4. The largest absolute Gasteiger partial charge is 0.490 e. The van der Waals surface area contributed by atoms with Gasteiger partial charge in [-0.15, -0.1) is 0 Å². The third-order valence-electron chi connectivity index (χ3n) is 3.69. The van der Waals surface area contributed by atoms with Crippen molar-refractivity contribution in [2.75, 3.05) is 19.8 Å². The summed E-state index contributed by atoms with van der Waals surface area (Å²) in [7, 11) is 0. The molecule has 0 aliphatic heterocycles. The van der Waals surface area contributed by atoms with Crippen LogP contribution in [0.2, 0.25) is 0 Å². The van der Waals surface area contributed by atoms with Crippen molar-refractivity contribution in [2.24, 2.45) is 5.10 Å². The fourth-order valence-electron chi connectivity index (χ4n) is 2.39. The predicted octanol–water partition coefficient (Wildman–Crippen LogP) is 3.56. The Bertz CT molecular complexity index is 1040. The van der Waals surface area contributed by atoms with Crippen molar-refractivity contribution < 1.29 is 28.2 Å². The molecule has 2 aromatic carbocycles. The first-order valence-electron chi connectivity index (χ1n) is 9.17. The fraction of sp³-hybridized carbons (Fsp3) is 0.238. The van der Waals surface area contributed by atoms with Crippen LogP contribution in [0.3, 0.4) is 0 Å². The van der Waals surface area contributed by atoms with Crippen LogP contribution in [0, 0.1) is 17.1 Å². The molecular formula is C21H19BrFN3O5. The lowest BCUT2D eigenvalue weighted by Gasteiger charge is -2.14. The number of benzene rings is 2. The van der Waals surface area contributed by atoms with Crippen LogP contribution in [0.4, 0.5) is 4.39 Å². The number of amides is 1. The number of hydrogen-bond acceptors (Lipinski definition) is 7. The first kappa shape index (κ1) is 23.8. The molecular weight excluding hydrogens is 473 g/mol. The summed E-state index contributed by atoms with van der Waals surface area (Å²) in [5, 5.41) is 12.6. The maximum atomic E-state index is 13.9. The van der Waals surface area contributed by atoms with Gasteiger partial charge in [-0.25, -0.2) is 14.6 Å². The maximum absolute atomic E-state index is 13.9. The van der Waals surface area contributed by atoms with Gasteiger partial charge >= 0.3 is 5.97 Å². The molecule has 0 aliphatic rings. The minimum atomic E-state index is -0.823. The van der Waals surface area contributed by atoms with Crippen LogP contribution in [-0.4, -0.2) is 37.9 Å². The van der Waals surface area contributed by atoms with Gasteiger partial charge in [0.25, 0.3) is 5.91 Å². The van der Waals surface area contributed by atoms with Gasteiger partial charge in [-0.05, 0) is 65.7 Å². The fourth-order valence-corrected chi connectivity index (χ4v) is 2.97. The van der Waals surface area contributed by atoms with E-state index in [1.807, 2.05) is 0 Å². The SMILES string of the molecule is CCOC(=O)COc1c(Br)cc(/C=N\NC(=O)c2ccc(C#N)cc2F)cc1OCC. The van der Waals surface area contributed by atoms with E-state index in [1.54, 1.807) is 32.0 Å². The van der Waals surface area contributed by atoms with Gasteiger partial charge in [0.2, 0.25) is 0 Å².